The van der Waals surface area contributed by atoms with Crippen molar-refractivity contribution in [1.82, 2.24) is 5.32 Å². The van der Waals surface area contributed by atoms with E-state index in [-0.39, 0.29) is 0 Å². The molecule has 0 fully saturated rings. The van der Waals surface area contributed by atoms with Crippen LogP contribution in [0.15, 0.2) is 29.6 Å². The van der Waals surface area contributed by atoms with Gasteiger partial charge in [0.25, 0.3) is 0 Å². The van der Waals surface area contributed by atoms with Crippen molar-refractivity contribution in [2.24, 2.45) is 5.92 Å². The third kappa shape index (κ3) is 3.25. The first-order chi connectivity index (χ1) is 10.1. The minimum absolute atomic E-state index is 0.362. The number of thiophene rings is 1. The van der Waals surface area contributed by atoms with E-state index < -0.39 is 0 Å². The van der Waals surface area contributed by atoms with Gasteiger partial charge in [-0.05, 0) is 35.1 Å². The highest BCUT2D eigenvalue weighted by atomic mass is 35.5. The average molecular weight is 322 g/mol. The summed E-state index contributed by atoms with van der Waals surface area (Å²) in [4.78, 5) is 1.38. The van der Waals surface area contributed by atoms with Crippen molar-refractivity contribution in [3.05, 3.63) is 50.7 Å². The van der Waals surface area contributed by atoms with E-state index in [1.165, 1.54) is 10.4 Å². The van der Waals surface area contributed by atoms with E-state index in [9.17, 15) is 0 Å². The molecular weight excluding hydrogens is 302 g/mol. The van der Waals surface area contributed by atoms with Crippen LogP contribution in [0.3, 0.4) is 0 Å². The maximum atomic E-state index is 6.22. The van der Waals surface area contributed by atoms with E-state index in [4.69, 9.17) is 16.3 Å². The molecule has 1 atom stereocenters. The van der Waals surface area contributed by atoms with Crippen molar-refractivity contribution in [2.45, 2.75) is 32.9 Å². The van der Waals surface area contributed by atoms with E-state index in [0.717, 1.165) is 35.9 Å². The monoisotopic (exact) mass is 321 g/mol. The molecule has 0 aliphatic carbocycles. The van der Waals surface area contributed by atoms with Crippen molar-refractivity contribution in [3.8, 4) is 5.75 Å². The van der Waals surface area contributed by atoms with Gasteiger partial charge in [-0.15, -0.1) is 11.3 Å². The van der Waals surface area contributed by atoms with Crippen molar-refractivity contribution in [3.63, 3.8) is 0 Å². The fourth-order valence-corrected chi connectivity index (χ4v) is 4.07. The maximum absolute atomic E-state index is 6.22. The summed E-state index contributed by atoms with van der Waals surface area (Å²) in [5, 5.41) is 6.60. The van der Waals surface area contributed by atoms with E-state index in [1.807, 2.05) is 12.1 Å². The largest absolute Gasteiger partial charge is 0.493 e. The molecule has 3 rings (SSSR count). The molecule has 1 aliphatic heterocycles. The Morgan fingerprint density at radius 1 is 1.38 bits per heavy atom. The molecule has 1 unspecified atom stereocenters. The Morgan fingerprint density at radius 3 is 2.95 bits per heavy atom. The van der Waals surface area contributed by atoms with Gasteiger partial charge in [0.2, 0.25) is 0 Å². The van der Waals surface area contributed by atoms with Crippen molar-refractivity contribution in [2.75, 3.05) is 6.61 Å². The predicted molar refractivity (Wildman–Crippen MR) is 89.4 cm³/mol. The van der Waals surface area contributed by atoms with E-state index in [2.05, 4.69) is 36.7 Å². The molecule has 1 aromatic carbocycles. The summed E-state index contributed by atoms with van der Waals surface area (Å²) in [6, 6.07) is 8.70. The molecule has 0 spiro atoms. The van der Waals surface area contributed by atoms with Crippen LogP contribution < -0.4 is 10.1 Å². The second-order valence-corrected chi connectivity index (χ2v) is 7.19. The molecule has 0 amide bonds. The SMILES string of the molecule is CC(C)C(NCc1cc(Cl)cc2c1OCC2)c1cccs1. The Labute approximate surface area is 135 Å². The number of rotatable bonds is 5. The number of ether oxygens (including phenoxy) is 1. The quantitative estimate of drug-likeness (QED) is 0.852. The van der Waals surface area contributed by atoms with Gasteiger partial charge in [-0.1, -0.05) is 31.5 Å². The first-order valence-corrected chi connectivity index (χ1v) is 8.62. The Balaban J connectivity index is 1.78. The molecule has 2 aromatic rings. The lowest BCUT2D eigenvalue weighted by atomic mass is 10.0. The highest BCUT2D eigenvalue weighted by molar-refractivity contribution is 7.10. The van der Waals surface area contributed by atoms with Crippen molar-refractivity contribution < 1.29 is 4.74 Å². The summed E-state index contributed by atoms with van der Waals surface area (Å²) in [7, 11) is 0. The van der Waals surface area contributed by atoms with Crippen LogP contribution in [0.5, 0.6) is 5.75 Å². The Bertz CT molecular complexity index is 610. The highest BCUT2D eigenvalue weighted by Crippen LogP contribution is 2.34. The molecule has 1 aromatic heterocycles. The van der Waals surface area contributed by atoms with Crippen LogP contribution in [-0.2, 0) is 13.0 Å². The minimum atomic E-state index is 0.362. The summed E-state index contributed by atoms with van der Waals surface area (Å²) in [5.41, 5.74) is 2.40. The van der Waals surface area contributed by atoms with Gasteiger partial charge in [0.15, 0.2) is 0 Å². The number of fused-ring (bicyclic) bond motifs is 1. The van der Waals surface area contributed by atoms with Crippen LogP contribution in [-0.4, -0.2) is 6.61 Å². The molecule has 112 valence electrons. The topological polar surface area (TPSA) is 21.3 Å². The lowest BCUT2D eigenvalue weighted by Gasteiger charge is -2.22. The highest BCUT2D eigenvalue weighted by Gasteiger charge is 2.20. The molecule has 0 saturated carbocycles. The number of halogens is 1. The Kier molecular flexibility index (Phi) is 4.53. The molecule has 2 heterocycles. The molecule has 1 aliphatic rings. The summed E-state index contributed by atoms with van der Waals surface area (Å²) >= 11 is 8.03. The third-order valence-electron chi connectivity index (χ3n) is 3.85. The minimum Gasteiger partial charge on any atom is -0.493 e. The third-order valence-corrected chi connectivity index (χ3v) is 5.03. The van der Waals surface area contributed by atoms with Gasteiger partial charge in [-0.25, -0.2) is 0 Å². The Hall–Kier alpha value is -1.03. The summed E-state index contributed by atoms with van der Waals surface area (Å²) < 4.78 is 5.77. The zero-order chi connectivity index (χ0) is 14.8. The second-order valence-electron chi connectivity index (χ2n) is 5.77. The molecule has 1 N–H and O–H groups in total. The van der Waals surface area contributed by atoms with Crippen LogP contribution in [0.25, 0.3) is 0 Å². The first kappa shape index (κ1) is 14.9. The predicted octanol–water partition coefficient (Wildman–Crippen LogP) is 4.82. The van der Waals surface area contributed by atoms with Crippen LogP contribution in [0.1, 0.15) is 35.9 Å². The smallest absolute Gasteiger partial charge is 0.127 e. The maximum Gasteiger partial charge on any atom is 0.127 e. The zero-order valence-electron chi connectivity index (χ0n) is 12.4. The molecule has 0 radical (unpaired) electrons. The van der Waals surface area contributed by atoms with E-state index in [1.54, 1.807) is 11.3 Å². The molecule has 21 heavy (non-hydrogen) atoms. The summed E-state index contributed by atoms with van der Waals surface area (Å²) in [6.07, 6.45) is 0.960. The van der Waals surface area contributed by atoms with Crippen molar-refractivity contribution in [1.29, 1.82) is 0 Å². The number of hydrogen-bond acceptors (Lipinski definition) is 3. The van der Waals surface area contributed by atoms with E-state index in [0.29, 0.717) is 12.0 Å². The van der Waals surface area contributed by atoms with Gasteiger partial charge in [-0.2, -0.15) is 0 Å². The van der Waals surface area contributed by atoms with Crippen LogP contribution >= 0.6 is 22.9 Å². The molecule has 0 saturated heterocycles. The summed E-state index contributed by atoms with van der Waals surface area (Å²) in [5.74, 6) is 1.57. The number of nitrogens with one attached hydrogen (secondary N) is 1. The van der Waals surface area contributed by atoms with Crippen LogP contribution in [0.4, 0.5) is 0 Å². The molecule has 2 nitrogen and oxygen atoms in total. The van der Waals surface area contributed by atoms with Gasteiger partial charge in [0, 0.05) is 34.5 Å². The van der Waals surface area contributed by atoms with Crippen LogP contribution in [0.2, 0.25) is 5.02 Å². The number of benzene rings is 1. The average Bonchev–Trinajstić information content (AvgIpc) is 3.08. The van der Waals surface area contributed by atoms with E-state index >= 15 is 0 Å². The second kappa shape index (κ2) is 6.39. The Morgan fingerprint density at radius 2 is 2.24 bits per heavy atom. The molecular formula is C17H20ClNOS. The molecule has 0 bridgehead atoms. The van der Waals surface area contributed by atoms with Crippen molar-refractivity contribution >= 4 is 22.9 Å². The van der Waals surface area contributed by atoms with Crippen LogP contribution in [0, 0.1) is 5.92 Å². The number of hydrogen-bond donors (Lipinski definition) is 1. The standard InChI is InChI=1S/C17H20ClNOS/c1-11(2)16(15-4-3-7-21-15)19-10-13-9-14(18)8-12-5-6-20-17(12)13/h3-4,7-9,11,16,19H,5-6,10H2,1-2H3. The normalized spacial score (nSPS) is 15.0. The lowest BCUT2D eigenvalue weighted by molar-refractivity contribution is 0.349. The van der Waals surface area contributed by atoms with Gasteiger partial charge in [0.1, 0.15) is 5.75 Å². The fourth-order valence-electron chi connectivity index (χ4n) is 2.83. The summed E-state index contributed by atoms with van der Waals surface area (Å²) in [6.45, 7) is 6.04. The molecule has 4 heteroatoms. The lowest BCUT2D eigenvalue weighted by Crippen LogP contribution is -2.24. The van der Waals surface area contributed by atoms with Gasteiger partial charge in [-0.3, -0.25) is 0 Å². The van der Waals surface area contributed by atoms with Gasteiger partial charge in [0.05, 0.1) is 6.61 Å². The first-order valence-electron chi connectivity index (χ1n) is 7.36. The van der Waals surface area contributed by atoms with Gasteiger partial charge < -0.3 is 10.1 Å². The van der Waals surface area contributed by atoms with Gasteiger partial charge >= 0.3 is 0 Å². The zero-order valence-corrected chi connectivity index (χ0v) is 13.9. The fraction of sp³-hybridized carbons (Fsp3) is 0.412.